The highest BCUT2D eigenvalue weighted by atomic mass is 16.5. The van der Waals surface area contributed by atoms with E-state index in [4.69, 9.17) is 4.74 Å². The van der Waals surface area contributed by atoms with E-state index in [0.29, 0.717) is 12.5 Å². The normalized spacial score (nSPS) is 10.8. The second kappa shape index (κ2) is 8.27. The molecule has 0 aliphatic rings. The molecule has 0 amide bonds. The van der Waals surface area contributed by atoms with Gasteiger partial charge in [-0.3, -0.25) is 0 Å². The van der Waals surface area contributed by atoms with Gasteiger partial charge in [0, 0.05) is 13.2 Å². The molecule has 0 rings (SSSR count). The van der Waals surface area contributed by atoms with Crippen molar-refractivity contribution in [2.24, 2.45) is 5.92 Å². The first-order chi connectivity index (χ1) is 6.16. The van der Waals surface area contributed by atoms with Crippen LogP contribution in [-0.2, 0) is 4.74 Å². The number of hydrogen-bond donors (Lipinski definition) is 1. The molecule has 13 heavy (non-hydrogen) atoms. The first-order valence-corrected chi connectivity index (χ1v) is 5.12. The third-order valence-corrected chi connectivity index (χ3v) is 1.56. The van der Waals surface area contributed by atoms with Gasteiger partial charge in [-0.15, -0.1) is 0 Å². The Hall–Kier alpha value is -0.340. The first-order valence-electron chi connectivity index (χ1n) is 5.12. The van der Waals surface area contributed by atoms with Gasteiger partial charge in [0.25, 0.3) is 0 Å². The fraction of sp³-hybridized carbons (Fsp3) is 0.818. The smallest absolute Gasteiger partial charge is 0.0686 e. The quantitative estimate of drug-likeness (QED) is 0.462. The lowest BCUT2D eigenvalue weighted by Crippen LogP contribution is -2.19. The molecule has 2 heteroatoms. The predicted molar refractivity (Wildman–Crippen MR) is 58.0 cm³/mol. The summed E-state index contributed by atoms with van der Waals surface area (Å²) in [6, 6.07) is 0. The van der Waals surface area contributed by atoms with Crippen molar-refractivity contribution in [3.63, 3.8) is 0 Å². The SMILES string of the molecule is C=C(CNCCC)COCC(C)C. The maximum Gasteiger partial charge on any atom is 0.0686 e. The van der Waals surface area contributed by atoms with Crippen LogP contribution in [0.25, 0.3) is 0 Å². The van der Waals surface area contributed by atoms with E-state index >= 15 is 0 Å². The van der Waals surface area contributed by atoms with Crippen LogP contribution in [0.5, 0.6) is 0 Å². The Balaban J connectivity index is 3.20. The molecule has 0 aromatic rings. The van der Waals surface area contributed by atoms with Crippen molar-refractivity contribution in [2.75, 3.05) is 26.3 Å². The molecule has 0 aliphatic carbocycles. The lowest BCUT2D eigenvalue weighted by molar-refractivity contribution is 0.128. The fourth-order valence-corrected chi connectivity index (χ4v) is 0.932. The summed E-state index contributed by atoms with van der Waals surface area (Å²) in [5.41, 5.74) is 1.13. The molecule has 1 N–H and O–H groups in total. The summed E-state index contributed by atoms with van der Waals surface area (Å²) in [6.45, 7) is 13.9. The van der Waals surface area contributed by atoms with Gasteiger partial charge in [-0.2, -0.15) is 0 Å². The summed E-state index contributed by atoms with van der Waals surface area (Å²) in [4.78, 5) is 0. The number of rotatable bonds is 8. The Morgan fingerprint density at radius 2 is 2.15 bits per heavy atom. The van der Waals surface area contributed by atoms with Crippen LogP contribution in [0.4, 0.5) is 0 Å². The minimum absolute atomic E-state index is 0.608. The molecule has 0 aromatic heterocycles. The summed E-state index contributed by atoms with van der Waals surface area (Å²) < 4.78 is 5.45. The van der Waals surface area contributed by atoms with Gasteiger partial charge in [-0.25, -0.2) is 0 Å². The molecule has 0 aliphatic heterocycles. The highest BCUT2D eigenvalue weighted by Gasteiger charge is 1.96. The molecule has 0 aromatic carbocycles. The molecule has 78 valence electrons. The lowest BCUT2D eigenvalue weighted by Gasteiger charge is -2.09. The van der Waals surface area contributed by atoms with E-state index in [1.807, 2.05) is 0 Å². The van der Waals surface area contributed by atoms with Crippen LogP contribution in [0.3, 0.4) is 0 Å². The molecule has 0 atom stereocenters. The topological polar surface area (TPSA) is 21.3 Å². The summed E-state index contributed by atoms with van der Waals surface area (Å²) in [5.74, 6) is 0.608. The van der Waals surface area contributed by atoms with E-state index in [-0.39, 0.29) is 0 Å². The zero-order chi connectivity index (χ0) is 10.1. The minimum Gasteiger partial charge on any atom is -0.377 e. The van der Waals surface area contributed by atoms with Gasteiger partial charge in [0.1, 0.15) is 0 Å². The Morgan fingerprint density at radius 3 is 2.69 bits per heavy atom. The molecule has 2 nitrogen and oxygen atoms in total. The van der Waals surface area contributed by atoms with Gasteiger partial charge in [0.05, 0.1) is 6.61 Å². The number of nitrogens with one attached hydrogen (secondary N) is 1. The van der Waals surface area contributed by atoms with Gasteiger partial charge in [0.15, 0.2) is 0 Å². The van der Waals surface area contributed by atoms with Crippen molar-refractivity contribution in [1.82, 2.24) is 5.32 Å². The predicted octanol–water partition coefficient (Wildman–Crippen LogP) is 2.21. The van der Waals surface area contributed by atoms with E-state index < -0.39 is 0 Å². The lowest BCUT2D eigenvalue weighted by atomic mass is 10.2. The molecule has 0 heterocycles. The van der Waals surface area contributed by atoms with Crippen LogP contribution in [0.15, 0.2) is 12.2 Å². The van der Waals surface area contributed by atoms with Crippen molar-refractivity contribution in [3.8, 4) is 0 Å². The maximum atomic E-state index is 5.45. The van der Waals surface area contributed by atoms with E-state index in [9.17, 15) is 0 Å². The fourth-order valence-electron chi connectivity index (χ4n) is 0.932. The van der Waals surface area contributed by atoms with Crippen LogP contribution in [-0.4, -0.2) is 26.3 Å². The van der Waals surface area contributed by atoms with Crippen molar-refractivity contribution < 1.29 is 4.74 Å². The molecule has 0 saturated heterocycles. The monoisotopic (exact) mass is 185 g/mol. The number of hydrogen-bond acceptors (Lipinski definition) is 2. The summed E-state index contributed by atoms with van der Waals surface area (Å²) >= 11 is 0. The van der Waals surface area contributed by atoms with E-state index in [0.717, 1.165) is 25.3 Å². The summed E-state index contributed by atoms with van der Waals surface area (Å²) in [6.07, 6.45) is 1.17. The molecule has 0 saturated carbocycles. The molecule has 0 bridgehead atoms. The van der Waals surface area contributed by atoms with Crippen LogP contribution >= 0.6 is 0 Å². The average molecular weight is 185 g/mol. The van der Waals surface area contributed by atoms with Crippen LogP contribution in [0, 0.1) is 5.92 Å². The van der Waals surface area contributed by atoms with Crippen molar-refractivity contribution in [1.29, 1.82) is 0 Å². The Labute approximate surface area is 82.4 Å². The third-order valence-electron chi connectivity index (χ3n) is 1.56. The standard InChI is InChI=1S/C11H23NO/c1-5-6-12-7-11(4)9-13-8-10(2)3/h10,12H,4-9H2,1-3H3. The largest absolute Gasteiger partial charge is 0.377 e. The first kappa shape index (κ1) is 12.7. The second-order valence-electron chi connectivity index (χ2n) is 3.84. The molecular formula is C11H23NO. The van der Waals surface area contributed by atoms with E-state index in [1.54, 1.807) is 0 Å². The average Bonchev–Trinajstić information content (AvgIpc) is 2.04. The maximum absolute atomic E-state index is 5.45. The zero-order valence-corrected chi connectivity index (χ0v) is 9.23. The highest BCUT2D eigenvalue weighted by Crippen LogP contribution is 1.95. The van der Waals surface area contributed by atoms with Crippen molar-refractivity contribution in [3.05, 3.63) is 12.2 Å². The molecule has 0 unspecified atom stereocenters. The van der Waals surface area contributed by atoms with Gasteiger partial charge in [0.2, 0.25) is 0 Å². The Morgan fingerprint density at radius 1 is 1.46 bits per heavy atom. The van der Waals surface area contributed by atoms with Gasteiger partial charge in [-0.1, -0.05) is 27.4 Å². The highest BCUT2D eigenvalue weighted by molar-refractivity contribution is 4.96. The van der Waals surface area contributed by atoms with Crippen molar-refractivity contribution in [2.45, 2.75) is 27.2 Å². The summed E-state index contributed by atoms with van der Waals surface area (Å²) in [7, 11) is 0. The number of ether oxygens (including phenoxy) is 1. The second-order valence-corrected chi connectivity index (χ2v) is 3.84. The van der Waals surface area contributed by atoms with E-state index in [2.05, 4.69) is 32.7 Å². The Bertz CT molecular complexity index is 132. The third kappa shape index (κ3) is 9.57. The minimum atomic E-state index is 0.608. The van der Waals surface area contributed by atoms with Crippen molar-refractivity contribution >= 4 is 0 Å². The summed E-state index contributed by atoms with van der Waals surface area (Å²) in [5, 5.41) is 3.29. The molecular weight excluding hydrogens is 162 g/mol. The van der Waals surface area contributed by atoms with Crippen LogP contribution < -0.4 is 5.32 Å². The zero-order valence-electron chi connectivity index (χ0n) is 9.23. The van der Waals surface area contributed by atoms with E-state index in [1.165, 1.54) is 6.42 Å². The molecule has 0 spiro atoms. The Kier molecular flexibility index (Phi) is 8.05. The van der Waals surface area contributed by atoms with Gasteiger partial charge < -0.3 is 10.1 Å². The van der Waals surface area contributed by atoms with Gasteiger partial charge in [-0.05, 0) is 24.5 Å². The van der Waals surface area contributed by atoms with Crippen LogP contribution in [0.2, 0.25) is 0 Å². The van der Waals surface area contributed by atoms with Gasteiger partial charge >= 0.3 is 0 Å². The van der Waals surface area contributed by atoms with Crippen LogP contribution in [0.1, 0.15) is 27.2 Å². The molecule has 0 fully saturated rings. The molecule has 0 radical (unpaired) electrons.